The molecule has 0 radical (unpaired) electrons. The van der Waals surface area contributed by atoms with Gasteiger partial charge in [-0.1, -0.05) is 0 Å². The van der Waals surface area contributed by atoms with Crippen LogP contribution in [0.15, 0.2) is 6.20 Å². The molecule has 98 valence electrons. The van der Waals surface area contributed by atoms with Crippen LogP contribution in [-0.2, 0) is 11.3 Å². The molecule has 0 spiro atoms. The van der Waals surface area contributed by atoms with Gasteiger partial charge in [0, 0.05) is 30.2 Å². The lowest BCUT2D eigenvalue weighted by atomic mass is 9.88. The zero-order valence-corrected chi connectivity index (χ0v) is 11.7. The molecule has 3 atom stereocenters. The molecule has 2 aliphatic rings. The number of thiazole rings is 1. The number of hydrogen-bond donors (Lipinski definition) is 1. The van der Waals surface area contributed by atoms with E-state index in [2.05, 4.69) is 10.3 Å². The Morgan fingerprint density at radius 3 is 3.00 bits per heavy atom. The normalized spacial score (nSPS) is 29.8. The van der Waals surface area contributed by atoms with E-state index in [0.29, 0.717) is 24.5 Å². The highest BCUT2D eigenvalue weighted by Gasteiger charge is 2.43. The minimum atomic E-state index is 0.197. The van der Waals surface area contributed by atoms with Gasteiger partial charge < -0.3 is 10.2 Å². The predicted molar refractivity (Wildman–Crippen MR) is 71.4 cm³/mol. The first kappa shape index (κ1) is 12.1. The SMILES string of the molecule is Cc1ncc(CN(C)C(=O)C2CC3CCC2N3)s1. The van der Waals surface area contributed by atoms with Gasteiger partial charge in [-0.05, 0) is 26.2 Å². The highest BCUT2D eigenvalue weighted by atomic mass is 32.1. The summed E-state index contributed by atoms with van der Waals surface area (Å²) >= 11 is 1.67. The van der Waals surface area contributed by atoms with Crippen LogP contribution in [-0.4, -0.2) is 34.9 Å². The predicted octanol–water partition coefficient (Wildman–Crippen LogP) is 1.55. The van der Waals surface area contributed by atoms with Gasteiger partial charge in [-0.25, -0.2) is 4.98 Å². The van der Waals surface area contributed by atoms with Gasteiger partial charge in [0.2, 0.25) is 5.91 Å². The van der Waals surface area contributed by atoms with E-state index in [1.165, 1.54) is 11.3 Å². The average molecular weight is 265 g/mol. The fraction of sp³-hybridized carbons (Fsp3) is 0.692. The van der Waals surface area contributed by atoms with E-state index in [1.54, 1.807) is 11.3 Å². The largest absolute Gasteiger partial charge is 0.340 e. The van der Waals surface area contributed by atoms with Crippen LogP contribution < -0.4 is 5.32 Å². The highest BCUT2D eigenvalue weighted by Crippen LogP contribution is 2.34. The van der Waals surface area contributed by atoms with E-state index < -0.39 is 0 Å². The van der Waals surface area contributed by atoms with Gasteiger partial charge in [0.15, 0.2) is 0 Å². The summed E-state index contributed by atoms with van der Waals surface area (Å²) in [5.74, 6) is 0.489. The third-order valence-corrected chi connectivity index (χ3v) is 4.95. The quantitative estimate of drug-likeness (QED) is 0.902. The summed E-state index contributed by atoms with van der Waals surface area (Å²) in [4.78, 5) is 19.7. The lowest BCUT2D eigenvalue weighted by Gasteiger charge is -2.25. The number of carbonyl (C=O) groups is 1. The zero-order valence-electron chi connectivity index (χ0n) is 10.8. The van der Waals surface area contributed by atoms with E-state index >= 15 is 0 Å². The number of carbonyl (C=O) groups excluding carboxylic acids is 1. The van der Waals surface area contributed by atoms with Crippen molar-refractivity contribution >= 4 is 17.2 Å². The summed E-state index contributed by atoms with van der Waals surface area (Å²) < 4.78 is 0. The van der Waals surface area contributed by atoms with Crippen molar-refractivity contribution in [3.05, 3.63) is 16.1 Å². The third-order valence-electron chi connectivity index (χ3n) is 4.06. The van der Waals surface area contributed by atoms with Crippen molar-refractivity contribution in [1.82, 2.24) is 15.2 Å². The molecule has 4 nitrogen and oxygen atoms in total. The van der Waals surface area contributed by atoms with E-state index in [9.17, 15) is 4.79 Å². The first-order valence-electron chi connectivity index (χ1n) is 6.56. The van der Waals surface area contributed by atoms with Crippen LogP contribution in [0.2, 0.25) is 0 Å². The molecule has 1 aromatic rings. The van der Waals surface area contributed by atoms with Crippen molar-refractivity contribution in [2.45, 2.75) is 44.8 Å². The molecule has 1 aromatic heterocycles. The maximum absolute atomic E-state index is 12.4. The topological polar surface area (TPSA) is 45.2 Å². The molecule has 2 aliphatic heterocycles. The molecule has 3 rings (SSSR count). The number of nitrogens with zero attached hydrogens (tertiary/aromatic N) is 2. The Kier molecular flexibility index (Phi) is 3.11. The highest BCUT2D eigenvalue weighted by molar-refractivity contribution is 7.11. The number of aromatic nitrogens is 1. The monoisotopic (exact) mass is 265 g/mol. The molecule has 0 saturated carbocycles. The van der Waals surface area contributed by atoms with Crippen LogP contribution in [0.1, 0.15) is 29.1 Å². The average Bonchev–Trinajstić information content (AvgIpc) is 3.04. The van der Waals surface area contributed by atoms with Crippen molar-refractivity contribution in [2.75, 3.05) is 7.05 Å². The molecule has 3 unspecified atom stereocenters. The Balaban J connectivity index is 1.62. The lowest BCUT2D eigenvalue weighted by Crippen LogP contribution is -2.38. The van der Waals surface area contributed by atoms with Crippen molar-refractivity contribution in [1.29, 1.82) is 0 Å². The molecule has 0 aromatic carbocycles. The Bertz CT molecular complexity index is 459. The maximum Gasteiger partial charge on any atom is 0.227 e. The molecule has 2 fully saturated rings. The van der Waals surface area contributed by atoms with Gasteiger partial charge in [-0.2, -0.15) is 0 Å². The molecular formula is C13H19N3OS. The van der Waals surface area contributed by atoms with Gasteiger partial charge >= 0.3 is 0 Å². The lowest BCUT2D eigenvalue weighted by molar-refractivity contribution is -0.135. The number of nitrogens with one attached hydrogen (secondary N) is 1. The maximum atomic E-state index is 12.4. The summed E-state index contributed by atoms with van der Waals surface area (Å²) in [5.41, 5.74) is 0. The molecular weight excluding hydrogens is 246 g/mol. The Labute approximate surface area is 111 Å². The molecule has 2 saturated heterocycles. The molecule has 2 bridgehead atoms. The van der Waals surface area contributed by atoms with Crippen LogP contribution in [0.5, 0.6) is 0 Å². The standard InChI is InChI=1S/C13H19N3OS/c1-8-14-6-10(18-8)7-16(2)13(17)11-5-9-3-4-12(11)15-9/h6,9,11-12,15H,3-5,7H2,1-2H3. The van der Waals surface area contributed by atoms with Crippen LogP contribution in [0.3, 0.4) is 0 Å². The van der Waals surface area contributed by atoms with Crippen LogP contribution in [0.4, 0.5) is 0 Å². The Morgan fingerprint density at radius 1 is 1.61 bits per heavy atom. The summed E-state index contributed by atoms with van der Waals surface area (Å²) in [7, 11) is 1.91. The molecule has 3 heterocycles. The van der Waals surface area contributed by atoms with Crippen molar-refractivity contribution in [2.24, 2.45) is 5.92 Å². The van der Waals surface area contributed by atoms with Gasteiger partial charge in [0.1, 0.15) is 0 Å². The fourth-order valence-corrected chi connectivity index (χ4v) is 4.02. The molecule has 18 heavy (non-hydrogen) atoms. The Morgan fingerprint density at radius 2 is 2.44 bits per heavy atom. The van der Waals surface area contributed by atoms with Crippen LogP contribution >= 0.6 is 11.3 Å². The number of aryl methyl sites for hydroxylation is 1. The van der Waals surface area contributed by atoms with Crippen molar-refractivity contribution in [3.63, 3.8) is 0 Å². The van der Waals surface area contributed by atoms with Crippen LogP contribution in [0, 0.1) is 12.8 Å². The van der Waals surface area contributed by atoms with E-state index in [4.69, 9.17) is 0 Å². The second kappa shape index (κ2) is 4.63. The first-order chi connectivity index (χ1) is 8.63. The third kappa shape index (κ3) is 2.17. The van der Waals surface area contributed by atoms with Gasteiger partial charge in [-0.3, -0.25) is 4.79 Å². The fourth-order valence-electron chi connectivity index (χ4n) is 3.17. The minimum absolute atomic E-state index is 0.197. The first-order valence-corrected chi connectivity index (χ1v) is 7.37. The van der Waals surface area contributed by atoms with Crippen molar-refractivity contribution in [3.8, 4) is 0 Å². The van der Waals surface area contributed by atoms with Gasteiger partial charge in [-0.15, -0.1) is 11.3 Å². The number of hydrogen-bond acceptors (Lipinski definition) is 4. The van der Waals surface area contributed by atoms with Crippen molar-refractivity contribution < 1.29 is 4.79 Å². The smallest absolute Gasteiger partial charge is 0.227 e. The molecule has 5 heteroatoms. The Hall–Kier alpha value is -0.940. The van der Waals surface area contributed by atoms with Gasteiger partial charge in [0.05, 0.1) is 17.5 Å². The molecule has 1 N–H and O–H groups in total. The summed E-state index contributed by atoms with van der Waals surface area (Å²) in [6, 6.07) is 1.01. The summed E-state index contributed by atoms with van der Waals surface area (Å²) in [5, 5.41) is 4.59. The zero-order chi connectivity index (χ0) is 12.7. The minimum Gasteiger partial charge on any atom is -0.340 e. The van der Waals surface area contributed by atoms with E-state index in [1.807, 2.05) is 25.1 Å². The second-order valence-electron chi connectivity index (χ2n) is 5.43. The number of amides is 1. The number of rotatable bonds is 3. The molecule has 0 aliphatic carbocycles. The van der Waals surface area contributed by atoms with Gasteiger partial charge in [0.25, 0.3) is 0 Å². The molecule has 1 amide bonds. The number of fused-ring (bicyclic) bond motifs is 2. The summed E-state index contributed by atoms with van der Waals surface area (Å²) in [6.45, 7) is 2.69. The van der Waals surface area contributed by atoms with E-state index in [0.717, 1.165) is 17.8 Å². The van der Waals surface area contributed by atoms with E-state index in [-0.39, 0.29) is 5.92 Å². The summed E-state index contributed by atoms with van der Waals surface area (Å²) in [6.07, 6.45) is 5.30. The van der Waals surface area contributed by atoms with Crippen LogP contribution in [0.25, 0.3) is 0 Å². The second-order valence-corrected chi connectivity index (χ2v) is 6.75.